The number of hydrogen-bond acceptors (Lipinski definition) is 6. The van der Waals surface area contributed by atoms with E-state index in [-0.39, 0.29) is 22.1 Å². The first-order valence-corrected chi connectivity index (χ1v) is 12.0. The topological polar surface area (TPSA) is 104 Å². The summed E-state index contributed by atoms with van der Waals surface area (Å²) in [6.07, 6.45) is 4.65. The van der Waals surface area contributed by atoms with Gasteiger partial charge in [-0.05, 0) is 59.3 Å². The molecular weight excluding hydrogens is 394 g/mol. The van der Waals surface area contributed by atoms with Crippen LogP contribution in [-0.4, -0.2) is 65.6 Å². The SMILES string of the molecule is Cc1noc(C)c1S(=O)(=O)N1CCC(C(=O)N2CCC3(CC2)CCC3(C)O)CC1. The van der Waals surface area contributed by atoms with Gasteiger partial charge in [-0.2, -0.15) is 4.31 Å². The van der Waals surface area contributed by atoms with Crippen molar-refractivity contribution >= 4 is 15.9 Å². The average molecular weight is 426 g/mol. The second-order valence-electron chi connectivity index (χ2n) is 9.21. The fraction of sp³-hybridized carbons (Fsp3) is 0.800. The summed E-state index contributed by atoms with van der Waals surface area (Å²) in [6, 6.07) is 0. The number of aromatic nitrogens is 1. The van der Waals surface area contributed by atoms with Crippen LogP contribution in [0, 0.1) is 25.2 Å². The first kappa shape index (κ1) is 20.8. The first-order chi connectivity index (χ1) is 13.6. The number of sulfonamides is 1. The highest BCUT2D eigenvalue weighted by Crippen LogP contribution is 2.56. The molecule has 0 radical (unpaired) electrons. The Kier molecular flexibility index (Phi) is 5.07. The molecule has 1 unspecified atom stereocenters. The number of carbonyl (C=O) groups is 1. The van der Waals surface area contributed by atoms with Crippen LogP contribution in [0.15, 0.2) is 9.42 Å². The Balaban J connectivity index is 1.35. The Morgan fingerprint density at radius 2 is 1.72 bits per heavy atom. The normalized spacial score (nSPS) is 28.5. The number of piperidine rings is 2. The van der Waals surface area contributed by atoms with Gasteiger partial charge >= 0.3 is 0 Å². The van der Waals surface area contributed by atoms with Crippen molar-refractivity contribution in [1.29, 1.82) is 0 Å². The van der Waals surface area contributed by atoms with Crippen molar-refractivity contribution < 1.29 is 22.8 Å². The Labute approximate surface area is 172 Å². The lowest BCUT2D eigenvalue weighted by Gasteiger charge is -2.58. The van der Waals surface area contributed by atoms with Gasteiger partial charge in [0, 0.05) is 37.5 Å². The fourth-order valence-electron chi connectivity index (χ4n) is 5.36. The van der Waals surface area contributed by atoms with Gasteiger partial charge in [0.25, 0.3) is 0 Å². The van der Waals surface area contributed by atoms with Gasteiger partial charge in [0.2, 0.25) is 15.9 Å². The molecule has 1 aromatic rings. The molecule has 9 heteroatoms. The highest BCUT2D eigenvalue weighted by molar-refractivity contribution is 7.89. The van der Waals surface area contributed by atoms with Gasteiger partial charge < -0.3 is 14.5 Å². The molecule has 1 aliphatic carbocycles. The first-order valence-electron chi connectivity index (χ1n) is 10.5. The molecule has 162 valence electrons. The highest BCUT2D eigenvalue weighted by atomic mass is 32.2. The summed E-state index contributed by atoms with van der Waals surface area (Å²) < 4.78 is 32.4. The third kappa shape index (κ3) is 3.31. The fourth-order valence-corrected chi connectivity index (χ4v) is 7.12. The molecule has 8 nitrogen and oxygen atoms in total. The number of amides is 1. The molecule has 0 aromatic carbocycles. The van der Waals surface area contributed by atoms with Crippen LogP contribution in [0.5, 0.6) is 0 Å². The van der Waals surface area contributed by atoms with Crippen LogP contribution in [0.4, 0.5) is 0 Å². The number of likely N-dealkylation sites (tertiary alicyclic amines) is 1. The Bertz CT molecular complexity index is 872. The maximum atomic E-state index is 13.0. The molecule has 1 saturated carbocycles. The lowest BCUT2D eigenvalue weighted by molar-refractivity contribution is -0.181. The van der Waals surface area contributed by atoms with Gasteiger partial charge in [-0.1, -0.05) is 5.16 Å². The van der Waals surface area contributed by atoms with Crippen molar-refractivity contribution in [1.82, 2.24) is 14.4 Å². The summed E-state index contributed by atoms with van der Waals surface area (Å²) in [5.41, 5.74) is -0.245. The van der Waals surface area contributed by atoms with Crippen LogP contribution < -0.4 is 0 Å². The van der Waals surface area contributed by atoms with Crippen molar-refractivity contribution in [2.45, 2.75) is 69.8 Å². The number of carbonyl (C=O) groups excluding carboxylic acids is 1. The van der Waals surface area contributed by atoms with E-state index in [1.165, 1.54) is 4.31 Å². The van der Waals surface area contributed by atoms with Crippen LogP contribution in [0.3, 0.4) is 0 Å². The largest absolute Gasteiger partial charge is 0.390 e. The molecule has 3 aliphatic rings. The summed E-state index contributed by atoms with van der Waals surface area (Å²) in [6.45, 7) is 7.18. The number of rotatable bonds is 3. The predicted octanol–water partition coefficient (Wildman–Crippen LogP) is 1.85. The number of aryl methyl sites for hydroxylation is 2. The molecule has 29 heavy (non-hydrogen) atoms. The zero-order valence-corrected chi connectivity index (χ0v) is 18.3. The van der Waals surface area contributed by atoms with E-state index in [4.69, 9.17) is 4.52 Å². The molecule has 0 bridgehead atoms. The molecule has 3 fully saturated rings. The van der Waals surface area contributed by atoms with Crippen molar-refractivity contribution in [3.8, 4) is 0 Å². The molecule has 1 aromatic heterocycles. The minimum Gasteiger partial charge on any atom is -0.390 e. The molecule has 3 heterocycles. The molecule has 2 saturated heterocycles. The predicted molar refractivity (Wildman–Crippen MR) is 106 cm³/mol. The van der Waals surface area contributed by atoms with E-state index < -0.39 is 15.6 Å². The average Bonchev–Trinajstić information content (AvgIpc) is 3.05. The smallest absolute Gasteiger partial charge is 0.248 e. The molecule has 4 rings (SSSR count). The van der Waals surface area contributed by atoms with Crippen LogP contribution in [0.2, 0.25) is 0 Å². The Morgan fingerprint density at radius 3 is 2.17 bits per heavy atom. The second kappa shape index (κ2) is 7.06. The van der Waals surface area contributed by atoms with E-state index in [0.29, 0.717) is 50.5 Å². The van der Waals surface area contributed by atoms with Crippen LogP contribution in [0.25, 0.3) is 0 Å². The third-order valence-corrected chi connectivity index (χ3v) is 9.78. The zero-order valence-electron chi connectivity index (χ0n) is 17.5. The van der Waals surface area contributed by atoms with Crippen molar-refractivity contribution in [2.24, 2.45) is 11.3 Å². The summed E-state index contributed by atoms with van der Waals surface area (Å²) >= 11 is 0. The molecule has 1 amide bonds. The minimum absolute atomic E-state index is 0.0183. The lowest BCUT2D eigenvalue weighted by Crippen LogP contribution is -2.60. The van der Waals surface area contributed by atoms with Gasteiger partial charge in [-0.25, -0.2) is 8.42 Å². The maximum Gasteiger partial charge on any atom is 0.248 e. The number of hydrogen-bond donors (Lipinski definition) is 1. The van der Waals surface area contributed by atoms with Crippen LogP contribution >= 0.6 is 0 Å². The van der Waals surface area contributed by atoms with E-state index in [1.54, 1.807) is 13.8 Å². The second-order valence-corrected chi connectivity index (χ2v) is 11.1. The summed E-state index contributed by atoms with van der Waals surface area (Å²) in [4.78, 5) is 15.1. The van der Waals surface area contributed by atoms with Gasteiger partial charge in [0.05, 0.1) is 5.60 Å². The quantitative estimate of drug-likeness (QED) is 0.793. The summed E-state index contributed by atoms with van der Waals surface area (Å²) in [5, 5.41) is 14.3. The Hall–Kier alpha value is -1.45. The summed E-state index contributed by atoms with van der Waals surface area (Å²) in [7, 11) is -3.65. The van der Waals surface area contributed by atoms with Crippen molar-refractivity contribution in [3.63, 3.8) is 0 Å². The van der Waals surface area contributed by atoms with Crippen LogP contribution in [0.1, 0.15) is 56.9 Å². The van der Waals surface area contributed by atoms with Gasteiger partial charge in [-0.15, -0.1) is 0 Å². The number of nitrogens with zero attached hydrogens (tertiary/aromatic N) is 3. The third-order valence-electron chi connectivity index (χ3n) is 7.63. The number of aliphatic hydroxyl groups is 1. The molecule has 2 aliphatic heterocycles. The molecular formula is C20H31N3O5S. The van der Waals surface area contributed by atoms with Gasteiger partial charge in [0.15, 0.2) is 5.76 Å². The van der Waals surface area contributed by atoms with Crippen molar-refractivity contribution in [2.75, 3.05) is 26.2 Å². The van der Waals surface area contributed by atoms with E-state index in [9.17, 15) is 18.3 Å². The van der Waals surface area contributed by atoms with Gasteiger partial charge in [0.1, 0.15) is 10.6 Å². The molecule has 1 atom stereocenters. The maximum absolute atomic E-state index is 13.0. The molecule has 1 N–H and O–H groups in total. The van der Waals surface area contributed by atoms with Crippen molar-refractivity contribution in [3.05, 3.63) is 11.5 Å². The van der Waals surface area contributed by atoms with E-state index in [2.05, 4.69) is 5.16 Å². The van der Waals surface area contributed by atoms with Crippen LogP contribution in [-0.2, 0) is 14.8 Å². The van der Waals surface area contributed by atoms with E-state index in [1.807, 2.05) is 11.8 Å². The standard InChI is InChI=1S/C20H31N3O5S/c1-14-17(15(2)28-21-14)29(26,27)23-10-4-16(5-11-23)18(24)22-12-8-20(9-13-22)7-6-19(20,3)25/h16,25H,4-13H2,1-3H3. The van der Waals surface area contributed by atoms with E-state index >= 15 is 0 Å². The van der Waals surface area contributed by atoms with Gasteiger partial charge in [-0.3, -0.25) is 4.79 Å². The monoisotopic (exact) mass is 425 g/mol. The Morgan fingerprint density at radius 1 is 1.10 bits per heavy atom. The van der Waals surface area contributed by atoms with E-state index in [0.717, 1.165) is 25.7 Å². The molecule has 1 spiro atoms. The highest BCUT2D eigenvalue weighted by Gasteiger charge is 2.56. The summed E-state index contributed by atoms with van der Waals surface area (Å²) in [5.74, 6) is 0.296. The zero-order chi connectivity index (χ0) is 21.0. The minimum atomic E-state index is -3.65. The lowest BCUT2D eigenvalue weighted by atomic mass is 9.53.